The van der Waals surface area contributed by atoms with Gasteiger partial charge in [-0.3, -0.25) is 0 Å². The number of hydrogen-bond donors (Lipinski definition) is 1. The summed E-state index contributed by atoms with van der Waals surface area (Å²) in [4.78, 5) is 5.15. The second kappa shape index (κ2) is 10.8. The van der Waals surface area contributed by atoms with E-state index in [1.807, 2.05) is 37.3 Å². The van der Waals surface area contributed by atoms with E-state index in [2.05, 4.69) is 56.3 Å². The lowest BCUT2D eigenvalue weighted by Gasteiger charge is -2.13. The van der Waals surface area contributed by atoms with Crippen LogP contribution in [0, 0.1) is 6.92 Å². The number of benzene rings is 2. The first-order valence-corrected chi connectivity index (χ1v) is 9.35. The van der Waals surface area contributed by atoms with Crippen LogP contribution in [0.5, 0.6) is 0 Å². The molecule has 0 aliphatic rings. The molecule has 0 bridgehead atoms. The molecule has 3 aromatic rings. The number of nitrogens with zero attached hydrogens (tertiary/aromatic N) is 7. The third kappa shape index (κ3) is 5.39. The first kappa shape index (κ1) is 21.1. The van der Waals surface area contributed by atoms with Crippen molar-refractivity contribution in [2.75, 3.05) is 19.6 Å². The van der Waals surface area contributed by atoms with E-state index in [0.29, 0.717) is 11.5 Å². The molecule has 1 aromatic heterocycles. The maximum absolute atomic E-state index is 8.43. The van der Waals surface area contributed by atoms with Crippen molar-refractivity contribution < 1.29 is 0 Å². The number of nitrogens with one attached hydrogen (secondary N) is 1. The van der Waals surface area contributed by atoms with E-state index in [0.717, 1.165) is 22.3 Å². The molecule has 0 radical (unpaired) electrons. The standard InChI is InChI=1S/C14H11N7.C6H15N/c1-9-12(10-5-7-11(8-6-10)16-19-15)3-2-4-13(9)14-17-20-21-18-14;1-4-7(5-2)6-3/h2-8H,1H3,(H,17,18,20,21);4-6H2,1-3H3. The number of aromatic nitrogens is 4. The summed E-state index contributed by atoms with van der Waals surface area (Å²) in [5.74, 6) is 0.569. The average molecular weight is 378 g/mol. The van der Waals surface area contributed by atoms with Gasteiger partial charge in [-0.15, -0.1) is 10.2 Å². The van der Waals surface area contributed by atoms with Crippen LogP contribution in [0.1, 0.15) is 26.3 Å². The van der Waals surface area contributed by atoms with E-state index < -0.39 is 0 Å². The second-order valence-electron chi connectivity index (χ2n) is 6.07. The molecule has 0 saturated heterocycles. The summed E-state index contributed by atoms with van der Waals surface area (Å²) in [5.41, 5.74) is 13.1. The highest BCUT2D eigenvalue weighted by Gasteiger charge is 2.10. The maximum atomic E-state index is 8.43. The molecule has 1 N–H and O–H groups in total. The Morgan fingerprint density at radius 3 is 2.14 bits per heavy atom. The monoisotopic (exact) mass is 378 g/mol. The van der Waals surface area contributed by atoms with Crippen molar-refractivity contribution in [3.05, 3.63) is 58.5 Å². The Balaban J connectivity index is 0.000000345. The third-order valence-corrected chi connectivity index (χ3v) is 4.60. The second-order valence-corrected chi connectivity index (χ2v) is 6.07. The van der Waals surface area contributed by atoms with Crippen LogP contribution in [-0.4, -0.2) is 45.2 Å². The minimum Gasteiger partial charge on any atom is -0.304 e. The molecule has 8 heteroatoms. The molecular weight excluding hydrogens is 352 g/mol. The van der Waals surface area contributed by atoms with Gasteiger partial charge >= 0.3 is 0 Å². The molecule has 0 atom stereocenters. The van der Waals surface area contributed by atoms with Crippen molar-refractivity contribution in [1.29, 1.82) is 0 Å². The molecule has 0 fully saturated rings. The lowest BCUT2D eigenvalue weighted by atomic mass is 9.96. The van der Waals surface area contributed by atoms with Gasteiger partial charge in [0.05, 0.1) is 0 Å². The van der Waals surface area contributed by atoms with E-state index in [1.165, 1.54) is 19.6 Å². The van der Waals surface area contributed by atoms with Crippen molar-refractivity contribution in [1.82, 2.24) is 25.5 Å². The van der Waals surface area contributed by atoms with Gasteiger partial charge < -0.3 is 4.90 Å². The lowest BCUT2D eigenvalue weighted by molar-refractivity contribution is 0.321. The van der Waals surface area contributed by atoms with Crippen LogP contribution in [0.2, 0.25) is 0 Å². The fraction of sp³-hybridized carbons (Fsp3) is 0.350. The number of rotatable bonds is 6. The minimum absolute atomic E-state index is 0.569. The summed E-state index contributed by atoms with van der Waals surface area (Å²) in [5, 5.41) is 17.7. The Bertz CT molecular complexity index is 887. The van der Waals surface area contributed by atoms with Crippen molar-refractivity contribution >= 4 is 5.69 Å². The zero-order valence-electron chi connectivity index (χ0n) is 16.8. The zero-order chi connectivity index (χ0) is 20.4. The van der Waals surface area contributed by atoms with E-state index >= 15 is 0 Å². The fourth-order valence-electron chi connectivity index (χ4n) is 2.90. The van der Waals surface area contributed by atoms with Crippen molar-refractivity contribution in [2.45, 2.75) is 27.7 Å². The first-order valence-electron chi connectivity index (χ1n) is 9.35. The van der Waals surface area contributed by atoms with Crippen LogP contribution in [0.25, 0.3) is 33.0 Å². The van der Waals surface area contributed by atoms with Gasteiger partial charge in [0, 0.05) is 16.2 Å². The van der Waals surface area contributed by atoms with Crippen molar-refractivity contribution in [3.8, 4) is 22.5 Å². The van der Waals surface area contributed by atoms with E-state index in [-0.39, 0.29) is 0 Å². The van der Waals surface area contributed by atoms with Crippen LogP contribution in [0.4, 0.5) is 5.69 Å². The van der Waals surface area contributed by atoms with Crippen LogP contribution in [0.15, 0.2) is 47.6 Å². The summed E-state index contributed by atoms with van der Waals surface area (Å²) in [7, 11) is 0. The largest absolute Gasteiger partial charge is 0.304 e. The van der Waals surface area contributed by atoms with Gasteiger partial charge in [-0.05, 0) is 54.0 Å². The Morgan fingerprint density at radius 2 is 1.64 bits per heavy atom. The SMILES string of the molecule is CCN(CC)CC.Cc1c(-c2ccc(N=[N+]=[N-])cc2)cccc1-c1nn[nH]n1. The van der Waals surface area contributed by atoms with Gasteiger partial charge in [-0.25, -0.2) is 0 Å². The zero-order valence-corrected chi connectivity index (χ0v) is 16.8. The van der Waals surface area contributed by atoms with Crippen molar-refractivity contribution in [3.63, 3.8) is 0 Å². The normalized spacial score (nSPS) is 10.2. The number of H-pyrrole nitrogens is 1. The van der Waals surface area contributed by atoms with Crippen LogP contribution in [-0.2, 0) is 0 Å². The van der Waals surface area contributed by atoms with E-state index in [9.17, 15) is 0 Å². The topological polar surface area (TPSA) is 106 Å². The van der Waals surface area contributed by atoms with Gasteiger partial charge in [0.25, 0.3) is 0 Å². The van der Waals surface area contributed by atoms with Gasteiger partial charge in [-0.2, -0.15) is 5.21 Å². The minimum atomic E-state index is 0.569. The van der Waals surface area contributed by atoms with Gasteiger partial charge in [-0.1, -0.05) is 68.4 Å². The van der Waals surface area contributed by atoms with Crippen LogP contribution < -0.4 is 0 Å². The van der Waals surface area contributed by atoms with Crippen molar-refractivity contribution in [2.24, 2.45) is 5.11 Å². The Kier molecular flexibility index (Phi) is 8.14. The smallest absolute Gasteiger partial charge is 0.204 e. The Morgan fingerprint density at radius 1 is 1.00 bits per heavy atom. The molecule has 0 spiro atoms. The molecule has 1 heterocycles. The van der Waals surface area contributed by atoms with E-state index in [1.54, 1.807) is 12.1 Å². The van der Waals surface area contributed by atoms with E-state index in [4.69, 9.17) is 5.53 Å². The molecule has 0 unspecified atom stereocenters. The van der Waals surface area contributed by atoms with Crippen LogP contribution >= 0.6 is 0 Å². The number of azide groups is 1. The number of hydrogen-bond acceptors (Lipinski definition) is 5. The predicted octanol–water partition coefficient (Wildman–Crippen LogP) is 5.13. The molecular formula is C20H26N8. The highest BCUT2D eigenvalue weighted by Crippen LogP contribution is 2.30. The highest BCUT2D eigenvalue weighted by atomic mass is 15.5. The first-order chi connectivity index (χ1) is 13.6. The quantitative estimate of drug-likeness (QED) is 0.364. The van der Waals surface area contributed by atoms with Crippen LogP contribution in [0.3, 0.4) is 0 Å². The Labute approximate surface area is 165 Å². The molecule has 146 valence electrons. The number of tetrazole rings is 1. The summed E-state index contributed by atoms with van der Waals surface area (Å²) >= 11 is 0. The molecule has 0 aliphatic heterocycles. The average Bonchev–Trinajstić information content (AvgIpc) is 3.26. The predicted molar refractivity (Wildman–Crippen MR) is 112 cm³/mol. The summed E-state index contributed by atoms with van der Waals surface area (Å²) < 4.78 is 0. The maximum Gasteiger partial charge on any atom is 0.204 e. The van der Waals surface area contributed by atoms with Gasteiger partial charge in [0.2, 0.25) is 5.82 Å². The van der Waals surface area contributed by atoms with Gasteiger partial charge in [0.1, 0.15) is 0 Å². The number of aromatic amines is 1. The van der Waals surface area contributed by atoms with Gasteiger partial charge in [0.15, 0.2) is 0 Å². The lowest BCUT2D eigenvalue weighted by Crippen LogP contribution is -2.21. The summed E-state index contributed by atoms with van der Waals surface area (Å²) in [6.45, 7) is 12.1. The molecule has 8 nitrogen and oxygen atoms in total. The third-order valence-electron chi connectivity index (χ3n) is 4.60. The highest BCUT2D eigenvalue weighted by molar-refractivity contribution is 5.76. The molecule has 2 aromatic carbocycles. The molecule has 0 saturated carbocycles. The Hall–Kier alpha value is -3.22. The molecule has 28 heavy (non-hydrogen) atoms. The summed E-state index contributed by atoms with van der Waals surface area (Å²) in [6, 6.07) is 13.4. The summed E-state index contributed by atoms with van der Waals surface area (Å²) in [6.07, 6.45) is 0. The fourth-order valence-corrected chi connectivity index (χ4v) is 2.90. The molecule has 3 rings (SSSR count). The molecule has 0 aliphatic carbocycles. The molecule has 0 amide bonds.